The van der Waals surface area contributed by atoms with E-state index >= 15 is 0 Å². The van der Waals surface area contributed by atoms with Gasteiger partial charge in [-0.25, -0.2) is 4.39 Å². The van der Waals surface area contributed by atoms with Crippen LogP contribution in [-0.4, -0.2) is 12.6 Å². The van der Waals surface area contributed by atoms with Crippen LogP contribution in [0.2, 0.25) is 0 Å². The fourth-order valence-corrected chi connectivity index (χ4v) is 3.63. The fraction of sp³-hybridized carbons (Fsp3) is 0.536. The van der Waals surface area contributed by atoms with E-state index in [2.05, 4.69) is 13.8 Å². The van der Waals surface area contributed by atoms with Crippen molar-refractivity contribution in [2.24, 2.45) is 0 Å². The Morgan fingerprint density at radius 2 is 1.34 bits per heavy atom. The zero-order chi connectivity index (χ0) is 23.0. The molecule has 0 aromatic heterocycles. The molecule has 0 heterocycles. The molecule has 4 heteroatoms. The lowest BCUT2D eigenvalue weighted by Gasteiger charge is -2.10. The number of halogens is 1. The largest absolute Gasteiger partial charge is 0.491 e. The molecule has 0 amide bonds. The molecule has 176 valence electrons. The fourth-order valence-electron chi connectivity index (χ4n) is 3.63. The summed E-state index contributed by atoms with van der Waals surface area (Å²) in [6.07, 6.45) is 13.0. The molecule has 32 heavy (non-hydrogen) atoms. The van der Waals surface area contributed by atoms with Crippen molar-refractivity contribution in [3.63, 3.8) is 0 Å². The van der Waals surface area contributed by atoms with Gasteiger partial charge in [-0.3, -0.25) is 4.79 Å². The molecule has 0 saturated carbocycles. The lowest BCUT2D eigenvalue weighted by Crippen LogP contribution is -2.07. The molecule has 0 aliphatic rings. The molecule has 2 aromatic rings. The second-order valence-corrected chi connectivity index (χ2v) is 8.42. The highest BCUT2D eigenvalue weighted by atomic mass is 19.1. The van der Waals surface area contributed by atoms with Crippen LogP contribution in [0.4, 0.5) is 4.39 Å². The van der Waals surface area contributed by atoms with Gasteiger partial charge in [0.05, 0.1) is 6.61 Å². The third kappa shape index (κ3) is 9.84. The minimum absolute atomic E-state index is 0.199. The summed E-state index contributed by atoms with van der Waals surface area (Å²) in [6.45, 7) is 4.92. The minimum Gasteiger partial charge on any atom is -0.491 e. The number of unbranched alkanes of at least 4 members (excludes halogenated alkanes) is 9. The van der Waals surface area contributed by atoms with Crippen molar-refractivity contribution in [2.75, 3.05) is 6.61 Å². The Bertz CT molecular complexity index is 786. The zero-order valence-corrected chi connectivity index (χ0v) is 19.8. The first-order valence-electron chi connectivity index (χ1n) is 12.4. The third-order valence-electron chi connectivity index (χ3n) is 5.59. The Balaban J connectivity index is 1.78. The summed E-state index contributed by atoms with van der Waals surface area (Å²) < 4.78 is 25.5. The molecular formula is C28H39FO3. The number of hydrogen-bond donors (Lipinski definition) is 0. The minimum atomic E-state index is -0.356. The highest BCUT2D eigenvalue weighted by Gasteiger charge is 2.08. The molecule has 0 radical (unpaired) electrons. The van der Waals surface area contributed by atoms with Crippen molar-refractivity contribution in [3.05, 3.63) is 48.3 Å². The topological polar surface area (TPSA) is 35.5 Å². The number of hydrogen-bond acceptors (Lipinski definition) is 3. The Morgan fingerprint density at radius 1 is 0.750 bits per heavy atom. The Hall–Kier alpha value is -2.36. The summed E-state index contributed by atoms with van der Waals surface area (Å²) in [6, 6.07) is 12.2. The average Bonchev–Trinajstić information content (AvgIpc) is 2.80. The molecular weight excluding hydrogens is 403 g/mol. The third-order valence-corrected chi connectivity index (χ3v) is 5.59. The summed E-state index contributed by atoms with van der Waals surface area (Å²) in [4.78, 5) is 12.0. The maximum Gasteiger partial charge on any atom is 0.311 e. The van der Waals surface area contributed by atoms with Crippen LogP contribution in [0.1, 0.15) is 90.9 Å². The van der Waals surface area contributed by atoms with Gasteiger partial charge in [0.15, 0.2) is 11.6 Å². The van der Waals surface area contributed by atoms with E-state index in [0.717, 1.165) is 36.8 Å². The SMILES string of the molecule is CCCCCCCCC(=O)Oc1ccc(-c2ccc(OCCCCCCC)c(F)c2)cc1. The van der Waals surface area contributed by atoms with E-state index in [1.54, 1.807) is 18.2 Å². The van der Waals surface area contributed by atoms with Crippen molar-refractivity contribution >= 4 is 5.97 Å². The summed E-state index contributed by atoms with van der Waals surface area (Å²) in [5, 5.41) is 0. The second-order valence-electron chi connectivity index (χ2n) is 8.42. The van der Waals surface area contributed by atoms with E-state index in [4.69, 9.17) is 9.47 Å². The van der Waals surface area contributed by atoms with E-state index in [9.17, 15) is 9.18 Å². The molecule has 0 N–H and O–H groups in total. The van der Waals surface area contributed by atoms with Crippen molar-refractivity contribution in [3.8, 4) is 22.6 Å². The maximum absolute atomic E-state index is 14.4. The van der Waals surface area contributed by atoms with Crippen LogP contribution >= 0.6 is 0 Å². The molecule has 3 nitrogen and oxygen atoms in total. The number of benzene rings is 2. The average molecular weight is 443 g/mol. The van der Waals surface area contributed by atoms with E-state index in [1.807, 2.05) is 18.2 Å². The van der Waals surface area contributed by atoms with Crippen molar-refractivity contribution in [1.29, 1.82) is 0 Å². The Morgan fingerprint density at radius 3 is 2.00 bits per heavy atom. The van der Waals surface area contributed by atoms with E-state index in [-0.39, 0.29) is 11.8 Å². The Kier molecular flexibility index (Phi) is 12.5. The zero-order valence-electron chi connectivity index (χ0n) is 19.8. The van der Waals surface area contributed by atoms with Gasteiger partial charge in [0, 0.05) is 6.42 Å². The number of carbonyl (C=O) groups is 1. The molecule has 0 aliphatic carbocycles. The maximum atomic E-state index is 14.4. The number of ether oxygens (including phenoxy) is 2. The van der Waals surface area contributed by atoms with Crippen molar-refractivity contribution in [2.45, 2.75) is 90.9 Å². The Labute approximate surface area is 193 Å². The van der Waals surface area contributed by atoms with Gasteiger partial charge in [0.2, 0.25) is 0 Å². The summed E-state index contributed by atoms with van der Waals surface area (Å²) in [5.41, 5.74) is 1.63. The normalized spacial score (nSPS) is 10.8. The molecule has 0 saturated heterocycles. The number of rotatable bonds is 16. The van der Waals surface area contributed by atoms with Crippen molar-refractivity contribution < 1.29 is 18.7 Å². The lowest BCUT2D eigenvalue weighted by atomic mass is 10.1. The molecule has 0 atom stereocenters. The molecule has 0 bridgehead atoms. The van der Waals surface area contributed by atoms with Gasteiger partial charge in [-0.05, 0) is 48.2 Å². The van der Waals surface area contributed by atoms with Crippen LogP contribution in [0.3, 0.4) is 0 Å². The highest BCUT2D eigenvalue weighted by Crippen LogP contribution is 2.27. The van der Waals surface area contributed by atoms with Gasteiger partial charge in [-0.2, -0.15) is 0 Å². The van der Waals surface area contributed by atoms with E-state index in [0.29, 0.717) is 24.5 Å². The predicted octanol–water partition coefficient (Wildman–Crippen LogP) is 8.50. The van der Waals surface area contributed by atoms with Gasteiger partial charge >= 0.3 is 5.97 Å². The highest BCUT2D eigenvalue weighted by molar-refractivity contribution is 5.73. The first kappa shape index (κ1) is 25.9. The smallest absolute Gasteiger partial charge is 0.311 e. The predicted molar refractivity (Wildman–Crippen MR) is 130 cm³/mol. The van der Waals surface area contributed by atoms with Crippen LogP contribution in [0.25, 0.3) is 11.1 Å². The second kappa shape index (κ2) is 15.4. The summed E-state index contributed by atoms with van der Waals surface area (Å²) in [7, 11) is 0. The van der Waals surface area contributed by atoms with E-state index < -0.39 is 0 Å². The quantitative estimate of drug-likeness (QED) is 0.148. The van der Waals surface area contributed by atoms with Gasteiger partial charge in [-0.1, -0.05) is 89.8 Å². The summed E-state index contributed by atoms with van der Waals surface area (Å²) >= 11 is 0. The molecule has 0 unspecified atom stereocenters. The number of carbonyl (C=O) groups excluding carboxylic acids is 1. The van der Waals surface area contributed by atoms with Gasteiger partial charge < -0.3 is 9.47 Å². The standard InChI is InChI=1S/C28H39FO3/c1-3-5-7-9-10-12-14-28(30)32-25-18-15-23(16-19-25)24-17-20-27(26(29)22-24)31-21-13-11-8-6-4-2/h15-20,22H,3-14,21H2,1-2H3. The molecule has 0 spiro atoms. The summed E-state index contributed by atoms with van der Waals surface area (Å²) in [5.74, 6) is 0.263. The van der Waals surface area contributed by atoms with Crippen LogP contribution in [-0.2, 0) is 4.79 Å². The lowest BCUT2D eigenvalue weighted by molar-refractivity contribution is -0.134. The van der Waals surface area contributed by atoms with Gasteiger partial charge in [-0.15, -0.1) is 0 Å². The molecule has 2 rings (SSSR count). The van der Waals surface area contributed by atoms with Crippen LogP contribution in [0, 0.1) is 5.82 Å². The number of esters is 1. The van der Waals surface area contributed by atoms with Crippen LogP contribution in [0.5, 0.6) is 11.5 Å². The van der Waals surface area contributed by atoms with Crippen LogP contribution < -0.4 is 9.47 Å². The molecule has 2 aromatic carbocycles. The molecule has 0 aliphatic heterocycles. The van der Waals surface area contributed by atoms with Crippen molar-refractivity contribution in [1.82, 2.24) is 0 Å². The monoisotopic (exact) mass is 442 g/mol. The van der Waals surface area contributed by atoms with Gasteiger partial charge in [0.25, 0.3) is 0 Å². The first-order valence-corrected chi connectivity index (χ1v) is 12.4. The first-order chi connectivity index (χ1) is 15.6. The molecule has 0 fully saturated rings. The van der Waals surface area contributed by atoms with Gasteiger partial charge in [0.1, 0.15) is 5.75 Å². The van der Waals surface area contributed by atoms with E-state index in [1.165, 1.54) is 51.0 Å². The van der Waals surface area contributed by atoms with Crippen LogP contribution in [0.15, 0.2) is 42.5 Å².